The summed E-state index contributed by atoms with van der Waals surface area (Å²) in [5.74, 6) is -0.162. The maximum Gasteiger partial charge on any atom is 0.322 e. The van der Waals surface area contributed by atoms with Crippen molar-refractivity contribution in [1.29, 1.82) is 0 Å². The minimum atomic E-state index is -0.205. The highest BCUT2D eigenvalue weighted by Crippen LogP contribution is 2.15. The van der Waals surface area contributed by atoms with Crippen LogP contribution in [0.3, 0.4) is 0 Å². The molecular formula is C15H31N3O2. The summed E-state index contributed by atoms with van der Waals surface area (Å²) in [7, 11) is 5.79. The zero-order valence-corrected chi connectivity index (χ0v) is 13.7. The van der Waals surface area contributed by atoms with Gasteiger partial charge in [-0.05, 0) is 46.4 Å². The summed E-state index contributed by atoms with van der Waals surface area (Å²) < 4.78 is 4.87. The van der Waals surface area contributed by atoms with Crippen LogP contribution in [0.1, 0.15) is 33.1 Å². The van der Waals surface area contributed by atoms with Crippen LogP contribution in [0.15, 0.2) is 0 Å². The summed E-state index contributed by atoms with van der Waals surface area (Å²) in [6.07, 6.45) is 3.37. The molecule has 5 heteroatoms. The first-order valence-corrected chi connectivity index (χ1v) is 7.66. The molecule has 1 aliphatic heterocycles. The van der Waals surface area contributed by atoms with Gasteiger partial charge in [0.05, 0.1) is 7.11 Å². The van der Waals surface area contributed by atoms with Gasteiger partial charge in [-0.15, -0.1) is 0 Å². The lowest BCUT2D eigenvalue weighted by atomic mass is 10.1. The fraction of sp³-hybridized carbons (Fsp3) is 0.933. The van der Waals surface area contributed by atoms with E-state index in [0.717, 1.165) is 19.5 Å². The van der Waals surface area contributed by atoms with E-state index < -0.39 is 0 Å². The van der Waals surface area contributed by atoms with Crippen LogP contribution in [0.2, 0.25) is 0 Å². The predicted octanol–water partition coefficient (Wildman–Crippen LogP) is 0.942. The van der Waals surface area contributed by atoms with Gasteiger partial charge in [-0.25, -0.2) is 0 Å². The van der Waals surface area contributed by atoms with Crippen LogP contribution in [0.25, 0.3) is 0 Å². The Hall–Kier alpha value is -0.650. The molecule has 5 nitrogen and oxygen atoms in total. The lowest BCUT2D eigenvalue weighted by Crippen LogP contribution is -2.44. The van der Waals surface area contributed by atoms with Crippen molar-refractivity contribution in [3.63, 3.8) is 0 Å². The second kappa shape index (κ2) is 8.60. The topological polar surface area (TPSA) is 44.8 Å². The van der Waals surface area contributed by atoms with E-state index in [1.54, 1.807) is 0 Å². The number of likely N-dealkylation sites (N-methyl/N-ethyl adjacent to an activating group) is 2. The standard InChI is InChI=1S/C15H31N3O2/c1-12(2)16-14(15(19)20-5)8-10-17(3)11-13-7-6-9-18(13)4/h12-14,16H,6-11H2,1-5H3. The number of likely N-dealkylation sites (tertiary alicyclic amines) is 1. The zero-order valence-electron chi connectivity index (χ0n) is 13.7. The molecule has 0 aromatic rings. The third kappa shape index (κ3) is 5.77. The summed E-state index contributed by atoms with van der Waals surface area (Å²) in [6.45, 7) is 7.29. The summed E-state index contributed by atoms with van der Waals surface area (Å²) >= 11 is 0. The van der Waals surface area contributed by atoms with Crippen LogP contribution in [0, 0.1) is 0 Å². The predicted molar refractivity (Wildman–Crippen MR) is 81.8 cm³/mol. The Labute approximate surface area is 123 Å². The van der Waals surface area contributed by atoms with Crippen LogP contribution >= 0.6 is 0 Å². The minimum absolute atomic E-state index is 0.162. The van der Waals surface area contributed by atoms with Crippen molar-refractivity contribution in [3.05, 3.63) is 0 Å². The van der Waals surface area contributed by atoms with Crippen molar-refractivity contribution in [1.82, 2.24) is 15.1 Å². The lowest BCUT2D eigenvalue weighted by Gasteiger charge is -2.27. The number of hydrogen-bond donors (Lipinski definition) is 1. The molecule has 118 valence electrons. The van der Waals surface area contributed by atoms with Gasteiger partial charge in [0.15, 0.2) is 0 Å². The van der Waals surface area contributed by atoms with Crippen molar-refractivity contribution in [3.8, 4) is 0 Å². The van der Waals surface area contributed by atoms with Crippen LogP contribution in [0.4, 0.5) is 0 Å². The first-order valence-electron chi connectivity index (χ1n) is 7.66. The number of hydrogen-bond acceptors (Lipinski definition) is 5. The van der Waals surface area contributed by atoms with Crippen molar-refractivity contribution >= 4 is 5.97 Å². The molecule has 0 saturated carbocycles. The molecule has 0 aromatic carbocycles. The molecule has 0 amide bonds. The number of ether oxygens (including phenoxy) is 1. The third-order valence-electron chi connectivity index (χ3n) is 4.01. The Morgan fingerprint density at radius 3 is 2.70 bits per heavy atom. The molecule has 1 rings (SSSR count). The summed E-state index contributed by atoms with van der Waals surface area (Å²) in [5, 5.41) is 3.28. The highest BCUT2D eigenvalue weighted by molar-refractivity contribution is 5.75. The molecule has 2 unspecified atom stereocenters. The quantitative estimate of drug-likeness (QED) is 0.673. The molecule has 20 heavy (non-hydrogen) atoms. The number of methoxy groups -OCH3 is 1. The average molecular weight is 285 g/mol. The van der Waals surface area contributed by atoms with E-state index in [-0.39, 0.29) is 18.1 Å². The highest BCUT2D eigenvalue weighted by atomic mass is 16.5. The largest absolute Gasteiger partial charge is 0.468 e. The molecule has 0 bridgehead atoms. The van der Waals surface area contributed by atoms with Crippen molar-refractivity contribution < 1.29 is 9.53 Å². The van der Waals surface area contributed by atoms with E-state index in [1.165, 1.54) is 26.5 Å². The zero-order chi connectivity index (χ0) is 15.1. The molecule has 1 aliphatic rings. The fourth-order valence-electron chi connectivity index (χ4n) is 2.82. The molecule has 0 radical (unpaired) electrons. The summed E-state index contributed by atoms with van der Waals surface area (Å²) in [6, 6.07) is 0.740. The molecule has 1 heterocycles. The van der Waals surface area contributed by atoms with E-state index in [9.17, 15) is 4.79 Å². The van der Waals surface area contributed by atoms with Crippen LogP contribution in [-0.2, 0) is 9.53 Å². The molecule has 0 aliphatic carbocycles. The number of esters is 1. The Balaban J connectivity index is 2.35. The van der Waals surface area contributed by atoms with Crippen LogP contribution in [-0.4, -0.2) is 74.7 Å². The van der Waals surface area contributed by atoms with Gasteiger partial charge in [0, 0.05) is 18.6 Å². The number of rotatable bonds is 8. The maximum atomic E-state index is 11.7. The first-order chi connectivity index (χ1) is 9.43. The Morgan fingerprint density at radius 1 is 1.50 bits per heavy atom. The van der Waals surface area contributed by atoms with Gasteiger partial charge in [0.25, 0.3) is 0 Å². The van der Waals surface area contributed by atoms with Gasteiger partial charge in [-0.2, -0.15) is 0 Å². The summed E-state index contributed by atoms with van der Waals surface area (Å²) in [4.78, 5) is 16.5. The van der Waals surface area contributed by atoms with Crippen molar-refractivity contribution in [2.24, 2.45) is 0 Å². The maximum absolute atomic E-state index is 11.7. The fourth-order valence-corrected chi connectivity index (χ4v) is 2.82. The van der Waals surface area contributed by atoms with E-state index in [2.05, 4.69) is 29.2 Å². The second-order valence-corrected chi connectivity index (χ2v) is 6.22. The second-order valence-electron chi connectivity index (χ2n) is 6.22. The minimum Gasteiger partial charge on any atom is -0.468 e. The van der Waals surface area contributed by atoms with Gasteiger partial charge in [0.2, 0.25) is 0 Å². The Kier molecular flexibility index (Phi) is 7.48. The first kappa shape index (κ1) is 17.4. The molecule has 2 atom stereocenters. The van der Waals surface area contributed by atoms with Gasteiger partial charge < -0.3 is 19.9 Å². The summed E-state index contributed by atoms with van der Waals surface area (Å²) in [5.41, 5.74) is 0. The molecule has 1 fully saturated rings. The number of nitrogens with zero attached hydrogens (tertiary/aromatic N) is 2. The van der Waals surface area contributed by atoms with E-state index in [1.807, 2.05) is 13.8 Å². The third-order valence-corrected chi connectivity index (χ3v) is 4.01. The van der Waals surface area contributed by atoms with Crippen LogP contribution in [0.5, 0.6) is 0 Å². The van der Waals surface area contributed by atoms with E-state index in [4.69, 9.17) is 4.74 Å². The van der Waals surface area contributed by atoms with Crippen molar-refractivity contribution in [2.45, 2.75) is 51.2 Å². The van der Waals surface area contributed by atoms with Gasteiger partial charge >= 0.3 is 5.97 Å². The monoisotopic (exact) mass is 285 g/mol. The Bertz CT molecular complexity index is 297. The number of carbonyl (C=O) groups excluding carboxylic acids is 1. The smallest absolute Gasteiger partial charge is 0.322 e. The van der Waals surface area contributed by atoms with Gasteiger partial charge in [-0.1, -0.05) is 13.8 Å². The van der Waals surface area contributed by atoms with Gasteiger partial charge in [-0.3, -0.25) is 4.79 Å². The SMILES string of the molecule is COC(=O)C(CCN(C)CC1CCCN1C)NC(C)C. The van der Waals surface area contributed by atoms with Crippen molar-refractivity contribution in [2.75, 3.05) is 40.8 Å². The van der Waals surface area contributed by atoms with E-state index >= 15 is 0 Å². The van der Waals surface area contributed by atoms with E-state index in [0.29, 0.717) is 6.04 Å². The lowest BCUT2D eigenvalue weighted by molar-refractivity contribution is -0.143. The molecule has 0 spiro atoms. The number of carbonyl (C=O) groups is 1. The normalized spacial score (nSPS) is 21.6. The van der Waals surface area contributed by atoms with Gasteiger partial charge in [0.1, 0.15) is 6.04 Å². The van der Waals surface area contributed by atoms with Crippen LogP contribution < -0.4 is 5.32 Å². The molecule has 1 saturated heterocycles. The number of nitrogens with one attached hydrogen (secondary N) is 1. The molecule has 0 aromatic heterocycles. The molecule has 1 N–H and O–H groups in total. The Morgan fingerprint density at radius 2 is 2.20 bits per heavy atom. The molecular weight excluding hydrogens is 254 g/mol. The average Bonchev–Trinajstić information content (AvgIpc) is 2.78. The highest BCUT2D eigenvalue weighted by Gasteiger charge is 2.24.